The van der Waals surface area contributed by atoms with Crippen LogP contribution < -0.4 is 5.32 Å². The number of benzene rings is 2. The smallest absolute Gasteiger partial charge is 0.106 e. The average Bonchev–Trinajstić information content (AvgIpc) is 3.13. The SMILES string of the molecule is C=Cc1ccc(NCC)cc1.C=O.CCCC.CC[C@@H](C)CC(C)(C)CCP1C(C)CCCCC[C@@H](CC)CC1C.CO.Cc1ccccc1. The van der Waals surface area contributed by atoms with Crippen LogP contribution in [0.4, 0.5) is 5.69 Å². The number of unbranched alkanes of at least 4 members (excludes halogenated alkanes) is 1. The Kier molecular flexibility index (Phi) is 37.1. The van der Waals surface area contributed by atoms with E-state index in [2.05, 4.69) is 112 Å². The van der Waals surface area contributed by atoms with Crippen LogP contribution in [0.2, 0.25) is 0 Å². The second-order valence-corrected chi connectivity index (χ2v) is 18.0. The molecule has 1 fully saturated rings. The molecule has 0 spiro atoms. The molecule has 5 atom stereocenters. The zero-order valence-corrected chi connectivity index (χ0v) is 36.1. The van der Waals surface area contributed by atoms with Gasteiger partial charge in [0, 0.05) is 19.3 Å². The van der Waals surface area contributed by atoms with Crippen LogP contribution >= 0.6 is 7.92 Å². The van der Waals surface area contributed by atoms with Crippen molar-refractivity contribution in [3.8, 4) is 0 Å². The molecule has 0 radical (unpaired) electrons. The Morgan fingerprint density at radius 1 is 0.880 bits per heavy atom. The fraction of sp³-hybridized carbons (Fsp3) is 0.674. The Balaban J connectivity index is -0.000000693. The van der Waals surface area contributed by atoms with Gasteiger partial charge in [0.25, 0.3) is 0 Å². The van der Waals surface area contributed by atoms with Gasteiger partial charge in [-0.05, 0) is 92.0 Å². The number of aryl methyl sites for hydroxylation is 1. The largest absolute Gasteiger partial charge is 0.400 e. The highest BCUT2D eigenvalue weighted by atomic mass is 31.1. The van der Waals surface area contributed by atoms with Gasteiger partial charge in [0.1, 0.15) is 6.79 Å². The number of anilines is 1. The maximum absolute atomic E-state index is 8.00. The topological polar surface area (TPSA) is 49.3 Å². The number of aliphatic hydroxyl groups is 1. The number of rotatable bonds is 11. The van der Waals surface area contributed by atoms with E-state index >= 15 is 0 Å². The van der Waals surface area contributed by atoms with Crippen LogP contribution in [0.25, 0.3) is 6.08 Å². The summed E-state index contributed by atoms with van der Waals surface area (Å²) in [6, 6.07) is 18.5. The summed E-state index contributed by atoms with van der Waals surface area (Å²) in [6.45, 7) is 32.6. The van der Waals surface area contributed by atoms with E-state index in [1.165, 1.54) is 88.8 Å². The van der Waals surface area contributed by atoms with Gasteiger partial charge in [0.2, 0.25) is 0 Å². The van der Waals surface area contributed by atoms with Gasteiger partial charge in [-0.25, -0.2) is 0 Å². The van der Waals surface area contributed by atoms with E-state index in [-0.39, 0.29) is 7.92 Å². The highest BCUT2D eigenvalue weighted by molar-refractivity contribution is 7.59. The van der Waals surface area contributed by atoms with Gasteiger partial charge in [-0.2, -0.15) is 0 Å². The first-order valence-corrected chi connectivity index (χ1v) is 21.6. The maximum atomic E-state index is 8.00. The molecule has 3 unspecified atom stereocenters. The Morgan fingerprint density at radius 3 is 1.88 bits per heavy atom. The van der Waals surface area contributed by atoms with Crippen LogP contribution in [0.3, 0.4) is 0 Å². The number of hydrogen-bond acceptors (Lipinski definition) is 3. The van der Waals surface area contributed by atoms with Crippen LogP contribution in [0.1, 0.15) is 157 Å². The van der Waals surface area contributed by atoms with Crippen LogP contribution in [0, 0.1) is 24.2 Å². The third kappa shape index (κ3) is 28.7. The summed E-state index contributed by atoms with van der Waals surface area (Å²) in [5.41, 5.74) is 6.16. The lowest BCUT2D eigenvalue weighted by atomic mass is 9.80. The van der Waals surface area contributed by atoms with Crippen LogP contribution in [0.5, 0.6) is 0 Å². The Morgan fingerprint density at radius 2 is 1.44 bits per heavy atom. The fourth-order valence-electron chi connectivity index (χ4n) is 6.29. The number of nitrogens with one attached hydrogen (secondary N) is 1. The quantitative estimate of drug-likeness (QED) is 0.228. The van der Waals surface area contributed by atoms with Crippen molar-refractivity contribution in [1.29, 1.82) is 0 Å². The van der Waals surface area contributed by atoms with Crippen LogP contribution in [-0.2, 0) is 4.79 Å². The third-order valence-corrected chi connectivity index (χ3v) is 13.2. The molecule has 2 aromatic rings. The van der Waals surface area contributed by atoms with Gasteiger partial charge in [-0.3, -0.25) is 0 Å². The highest BCUT2D eigenvalue weighted by Crippen LogP contribution is 2.53. The van der Waals surface area contributed by atoms with Gasteiger partial charge < -0.3 is 15.2 Å². The molecule has 0 bridgehead atoms. The average molecular weight is 714 g/mol. The molecular formula is C46H84NO2P. The monoisotopic (exact) mass is 714 g/mol. The number of hydrogen-bond donors (Lipinski definition) is 2. The lowest BCUT2D eigenvalue weighted by Crippen LogP contribution is -2.22. The molecule has 1 saturated heterocycles. The molecule has 1 heterocycles. The van der Waals surface area contributed by atoms with E-state index in [1.807, 2.05) is 43.2 Å². The van der Waals surface area contributed by atoms with E-state index in [0.29, 0.717) is 5.41 Å². The van der Waals surface area contributed by atoms with Crippen molar-refractivity contribution < 1.29 is 9.90 Å². The summed E-state index contributed by atoms with van der Waals surface area (Å²) in [4.78, 5) is 8.00. The molecule has 4 heteroatoms. The van der Waals surface area contributed by atoms with Crippen molar-refractivity contribution in [2.75, 3.05) is 25.1 Å². The number of carbonyl (C=O) groups is 1. The Labute approximate surface area is 314 Å². The molecule has 2 N–H and O–H groups in total. The Hall–Kier alpha value is -1.96. The molecule has 290 valence electrons. The zero-order chi connectivity index (χ0) is 38.8. The minimum Gasteiger partial charge on any atom is -0.400 e. The summed E-state index contributed by atoms with van der Waals surface area (Å²) >= 11 is 0. The minimum absolute atomic E-state index is 0.207. The summed E-state index contributed by atoms with van der Waals surface area (Å²) in [5, 5.41) is 10.2. The molecule has 3 rings (SSSR count). The first-order valence-electron chi connectivity index (χ1n) is 19.9. The van der Waals surface area contributed by atoms with Gasteiger partial charge in [0.15, 0.2) is 0 Å². The second-order valence-electron chi connectivity index (χ2n) is 14.7. The first kappa shape index (κ1) is 52.4. The Bertz CT molecular complexity index is 975. The fourth-order valence-corrected chi connectivity index (χ4v) is 9.99. The van der Waals surface area contributed by atoms with E-state index in [4.69, 9.17) is 9.90 Å². The molecular weight excluding hydrogens is 629 g/mol. The molecule has 3 nitrogen and oxygen atoms in total. The van der Waals surface area contributed by atoms with Gasteiger partial charge in [0.05, 0.1) is 0 Å². The van der Waals surface area contributed by atoms with E-state index in [9.17, 15) is 0 Å². The predicted octanol–water partition coefficient (Wildman–Crippen LogP) is 14.5. The maximum Gasteiger partial charge on any atom is 0.106 e. The third-order valence-electron chi connectivity index (χ3n) is 9.73. The number of aliphatic hydroxyl groups excluding tert-OH is 1. The molecule has 0 amide bonds. The minimum atomic E-state index is 0.207. The van der Waals surface area contributed by atoms with Crippen molar-refractivity contribution in [2.45, 2.75) is 165 Å². The van der Waals surface area contributed by atoms with Crippen LogP contribution in [-0.4, -0.2) is 43.0 Å². The van der Waals surface area contributed by atoms with Crippen LogP contribution in [0.15, 0.2) is 61.2 Å². The molecule has 1 aliphatic rings. The first-order chi connectivity index (χ1) is 24.0. The van der Waals surface area contributed by atoms with Gasteiger partial charge in [-0.15, -0.1) is 7.92 Å². The standard InChI is InChI=1S/C23H47P.C10H13N.C7H8.C4H10.CH4O.CH2O/c1-8-19(3)18-23(6,7)15-16-24-20(4)13-11-10-12-14-22(9-2)17-21(24)5;1-3-9-5-7-10(8-6-9)11-4-2;1-7-5-3-2-4-6-7;1-3-4-2;2*1-2/h19-22H,8-18H2,1-7H3;3,5-8,11H,1,4H2,2H3;2-6H,1H3;3-4H2,1-2H3;2H,1H3;1H2/t19-,20?,21?,22-,24?;;;;;/m1...../s1. The molecule has 0 aliphatic carbocycles. The van der Waals surface area contributed by atoms with Crippen molar-refractivity contribution in [3.05, 3.63) is 72.3 Å². The molecule has 0 saturated carbocycles. The normalized spacial score (nSPS) is 19.2. The highest BCUT2D eigenvalue weighted by Gasteiger charge is 2.29. The van der Waals surface area contributed by atoms with Gasteiger partial charge >= 0.3 is 0 Å². The zero-order valence-electron chi connectivity index (χ0n) is 35.2. The van der Waals surface area contributed by atoms with E-state index in [1.54, 1.807) is 0 Å². The van der Waals surface area contributed by atoms with Crippen molar-refractivity contribution in [2.24, 2.45) is 17.3 Å². The molecule has 50 heavy (non-hydrogen) atoms. The summed E-state index contributed by atoms with van der Waals surface area (Å²) in [5.74, 6) is 1.89. The lowest BCUT2D eigenvalue weighted by Gasteiger charge is -2.37. The lowest BCUT2D eigenvalue weighted by molar-refractivity contribution is -0.0980. The second kappa shape index (κ2) is 35.4. The predicted molar refractivity (Wildman–Crippen MR) is 232 cm³/mol. The van der Waals surface area contributed by atoms with Crippen molar-refractivity contribution >= 4 is 26.5 Å². The summed E-state index contributed by atoms with van der Waals surface area (Å²) < 4.78 is 0. The summed E-state index contributed by atoms with van der Waals surface area (Å²) in [7, 11) is 1.21. The van der Waals surface area contributed by atoms with E-state index in [0.717, 1.165) is 48.1 Å². The van der Waals surface area contributed by atoms with Crippen molar-refractivity contribution in [3.63, 3.8) is 0 Å². The van der Waals surface area contributed by atoms with E-state index < -0.39 is 0 Å². The summed E-state index contributed by atoms with van der Waals surface area (Å²) in [6.07, 6.45) is 20.6. The molecule has 0 aromatic heterocycles. The molecule has 1 aliphatic heterocycles. The van der Waals surface area contributed by atoms with Gasteiger partial charge in [-0.1, -0.05) is 174 Å². The van der Waals surface area contributed by atoms with Crippen molar-refractivity contribution in [1.82, 2.24) is 0 Å². The number of carbonyl (C=O) groups excluding carboxylic acids is 1. The molecule has 2 aromatic carbocycles.